The van der Waals surface area contributed by atoms with E-state index in [-0.39, 0.29) is 24.5 Å². The van der Waals surface area contributed by atoms with Gasteiger partial charge in [-0.25, -0.2) is 22.5 Å². The molecule has 2 aromatic rings. The number of unbranched alkanes of at least 4 members (excludes halogenated alkanes) is 1. The lowest BCUT2D eigenvalue weighted by molar-refractivity contribution is -0.141. The molecule has 1 atom stereocenters. The number of halogens is 4. The van der Waals surface area contributed by atoms with Crippen molar-refractivity contribution in [2.24, 2.45) is 0 Å². The van der Waals surface area contributed by atoms with Gasteiger partial charge in [-0.15, -0.1) is 0 Å². The summed E-state index contributed by atoms with van der Waals surface area (Å²) in [6.07, 6.45) is -2.01. The Bertz CT molecular complexity index is 1140. The van der Waals surface area contributed by atoms with Crippen LogP contribution in [0.25, 0.3) is 0 Å². The molecule has 1 heterocycles. The van der Waals surface area contributed by atoms with Crippen LogP contribution in [0.3, 0.4) is 0 Å². The van der Waals surface area contributed by atoms with Crippen LogP contribution in [-0.4, -0.2) is 39.2 Å². The number of hydrogen-bond acceptors (Lipinski definition) is 5. The summed E-state index contributed by atoms with van der Waals surface area (Å²) in [5, 5.41) is 2.68. The van der Waals surface area contributed by atoms with Crippen molar-refractivity contribution in [2.75, 3.05) is 24.7 Å². The molecule has 2 N–H and O–H groups in total. The molecule has 1 amide bonds. The maximum atomic E-state index is 14.4. The van der Waals surface area contributed by atoms with Gasteiger partial charge >= 0.3 is 6.18 Å². The van der Waals surface area contributed by atoms with E-state index in [4.69, 9.17) is 0 Å². The first-order chi connectivity index (χ1) is 16.2. The second kappa shape index (κ2) is 11.8. The third-order valence-corrected chi connectivity index (χ3v) is 6.07. The number of amides is 1. The van der Waals surface area contributed by atoms with Crippen molar-refractivity contribution in [3.05, 3.63) is 58.5 Å². The monoisotopic (exact) mass is 518 g/mol. The fraction of sp³-hybridized carbons (Fsp3) is 0.478. The molecule has 0 saturated heterocycles. The standard InChI is InChI=1S/C23H30F4N4O3S/c1-5-6-11-31(3)21-18(9-10-20(30-21)23(25,26)27)13-28-22(32)15(2)16-7-8-17(19(24)12-16)14-29-35(4,33)34/h7-10,12,15,29H,5-6,11,13-14H2,1-4H3,(H,28,32). The molecule has 1 aromatic carbocycles. The molecule has 12 heteroatoms. The number of hydrogen-bond donors (Lipinski definition) is 2. The van der Waals surface area contributed by atoms with E-state index in [9.17, 15) is 30.8 Å². The summed E-state index contributed by atoms with van der Waals surface area (Å²) in [5.41, 5.74) is -0.0953. The lowest BCUT2D eigenvalue weighted by atomic mass is 9.98. The number of pyridine rings is 1. The van der Waals surface area contributed by atoms with Crippen molar-refractivity contribution in [2.45, 2.75) is 51.9 Å². The van der Waals surface area contributed by atoms with Crippen LogP contribution in [0.1, 0.15) is 55.0 Å². The first-order valence-corrected chi connectivity index (χ1v) is 12.9. The van der Waals surface area contributed by atoms with Gasteiger partial charge in [-0.1, -0.05) is 31.5 Å². The highest BCUT2D eigenvalue weighted by molar-refractivity contribution is 7.88. The molecule has 0 fully saturated rings. The van der Waals surface area contributed by atoms with E-state index in [1.807, 2.05) is 6.92 Å². The van der Waals surface area contributed by atoms with E-state index in [2.05, 4.69) is 15.0 Å². The van der Waals surface area contributed by atoms with Crippen LogP contribution >= 0.6 is 0 Å². The zero-order valence-corrected chi connectivity index (χ0v) is 20.9. The fourth-order valence-corrected chi connectivity index (χ4v) is 3.69. The molecule has 2 rings (SSSR count). The van der Waals surface area contributed by atoms with Crippen LogP contribution in [0.4, 0.5) is 23.4 Å². The highest BCUT2D eigenvalue weighted by Gasteiger charge is 2.33. The van der Waals surface area contributed by atoms with Gasteiger partial charge in [0.05, 0.1) is 12.2 Å². The molecule has 0 spiro atoms. The molecule has 1 unspecified atom stereocenters. The fourth-order valence-electron chi connectivity index (χ4n) is 3.28. The van der Waals surface area contributed by atoms with Gasteiger partial charge in [-0.2, -0.15) is 13.2 Å². The number of aromatic nitrogens is 1. The zero-order chi connectivity index (χ0) is 26.4. The normalized spacial score (nSPS) is 12.9. The van der Waals surface area contributed by atoms with Gasteiger partial charge in [0, 0.05) is 37.8 Å². The van der Waals surface area contributed by atoms with Crippen LogP contribution in [-0.2, 0) is 34.1 Å². The van der Waals surface area contributed by atoms with Gasteiger partial charge in [-0.05, 0) is 31.0 Å². The van der Waals surface area contributed by atoms with Crippen LogP contribution in [0.5, 0.6) is 0 Å². The molecule has 0 radical (unpaired) electrons. The molecule has 7 nitrogen and oxygen atoms in total. The molecule has 0 aliphatic rings. The van der Waals surface area contributed by atoms with Crippen LogP contribution in [0, 0.1) is 5.82 Å². The lowest BCUT2D eigenvalue weighted by Gasteiger charge is -2.23. The zero-order valence-electron chi connectivity index (χ0n) is 20.0. The van der Waals surface area contributed by atoms with Gasteiger partial charge in [0.25, 0.3) is 0 Å². The molecule has 0 saturated carbocycles. The van der Waals surface area contributed by atoms with E-state index in [1.54, 1.807) is 18.9 Å². The summed E-state index contributed by atoms with van der Waals surface area (Å²) in [4.78, 5) is 18.1. The Labute approximate surface area is 203 Å². The quantitative estimate of drug-likeness (QED) is 0.440. The number of nitrogens with zero attached hydrogens (tertiary/aromatic N) is 2. The Morgan fingerprint density at radius 3 is 2.37 bits per heavy atom. The number of alkyl halides is 3. The Morgan fingerprint density at radius 1 is 1.14 bits per heavy atom. The van der Waals surface area contributed by atoms with E-state index in [1.165, 1.54) is 18.2 Å². The number of carbonyl (C=O) groups is 1. The van der Waals surface area contributed by atoms with Gasteiger partial charge in [0.1, 0.15) is 17.3 Å². The van der Waals surface area contributed by atoms with Crippen molar-refractivity contribution in [1.82, 2.24) is 15.0 Å². The summed E-state index contributed by atoms with van der Waals surface area (Å²) in [6, 6.07) is 6.25. The molecule has 0 bridgehead atoms. The van der Waals surface area contributed by atoms with Crippen molar-refractivity contribution in [3.8, 4) is 0 Å². The molecular formula is C23H30F4N4O3S. The maximum absolute atomic E-state index is 14.4. The number of rotatable bonds is 11. The molecule has 1 aromatic heterocycles. The Morgan fingerprint density at radius 2 is 1.80 bits per heavy atom. The summed E-state index contributed by atoms with van der Waals surface area (Å²) in [6.45, 7) is 3.76. The Hall–Kier alpha value is -2.73. The third kappa shape index (κ3) is 8.46. The third-order valence-electron chi connectivity index (χ3n) is 5.40. The predicted octanol–water partition coefficient (Wildman–Crippen LogP) is 3.94. The molecular weight excluding hydrogens is 488 g/mol. The van der Waals surface area contributed by atoms with Gasteiger partial charge in [-0.3, -0.25) is 4.79 Å². The second-order valence-electron chi connectivity index (χ2n) is 8.34. The molecule has 194 valence electrons. The van der Waals surface area contributed by atoms with E-state index < -0.39 is 39.5 Å². The van der Waals surface area contributed by atoms with Crippen molar-refractivity contribution in [1.29, 1.82) is 0 Å². The van der Waals surface area contributed by atoms with Crippen LogP contribution in [0.2, 0.25) is 0 Å². The van der Waals surface area contributed by atoms with Crippen molar-refractivity contribution in [3.63, 3.8) is 0 Å². The van der Waals surface area contributed by atoms with E-state index >= 15 is 0 Å². The topological polar surface area (TPSA) is 91.4 Å². The van der Waals surface area contributed by atoms with Crippen LogP contribution in [0.15, 0.2) is 30.3 Å². The second-order valence-corrected chi connectivity index (χ2v) is 10.2. The van der Waals surface area contributed by atoms with Gasteiger partial charge in [0.15, 0.2) is 0 Å². The average Bonchev–Trinajstić information content (AvgIpc) is 2.78. The number of benzene rings is 1. The summed E-state index contributed by atoms with van der Waals surface area (Å²) >= 11 is 0. The smallest absolute Gasteiger partial charge is 0.359 e. The summed E-state index contributed by atoms with van der Waals surface area (Å²) in [5.74, 6) is -1.74. The minimum Gasteiger partial charge on any atom is -0.359 e. The minimum absolute atomic E-state index is 0.0566. The van der Waals surface area contributed by atoms with E-state index in [0.717, 1.165) is 31.2 Å². The predicted molar refractivity (Wildman–Crippen MR) is 126 cm³/mol. The minimum atomic E-state index is -4.59. The Balaban J connectivity index is 2.15. The van der Waals surface area contributed by atoms with Crippen molar-refractivity contribution >= 4 is 21.7 Å². The van der Waals surface area contributed by atoms with E-state index in [0.29, 0.717) is 17.7 Å². The molecule has 0 aliphatic heterocycles. The highest BCUT2D eigenvalue weighted by Crippen LogP contribution is 2.30. The first kappa shape index (κ1) is 28.5. The number of anilines is 1. The highest BCUT2D eigenvalue weighted by atomic mass is 32.2. The SMILES string of the molecule is CCCCN(C)c1nc(C(F)(F)F)ccc1CNC(=O)C(C)c1ccc(CNS(C)(=O)=O)c(F)c1. The van der Waals surface area contributed by atoms with Gasteiger partial charge < -0.3 is 10.2 Å². The molecule has 0 aliphatic carbocycles. The number of sulfonamides is 1. The molecule has 35 heavy (non-hydrogen) atoms. The Kier molecular flexibility index (Phi) is 9.61. The summed E-state index contributed by atoms with van der Waals surface area (Å²) in [7, 11) is -1.84. The van der Waals surface area contributed by atoms with Crippen molar-refractivity contribution < 1.29 is 30.8 Å². The van der Waals surface area contributed by atoms with Crippen LogP contribution < -0.4 is 14.9 Å². The maximum Gasteiger partial charge on any atom is 0.433 e. The first-order valence-electron chi connectivity index (χ1n) is 11.0. The number of carbonyl (C=O) groups excluding carboxylic acids is 1. The average molecular weight is 519 g/mol. The lowest BCUT2D eigenvalue weighted by Crippen LogP contribution is -2.30. The number of nitrogens with one attached hydrogen (secondary N) is 2. The van der Waals surface area contributed by atoms with Gasteiger partial charge in [0.2, 0.25) is 15.9 Å². The summed E-state index contributed by atoms with van der Waals surface area (Å²) < 4.78 is 78.5. The largest absolute Gasteiger partial charge is 0.433 e.